The van der Waals surface area contributed by atoms with Crippen molar-refractivity contribution in [1.29, 1.82) is 0 Å². The molecule has 2 aromatic carbocycles. The summed E-state index contributed by atoms with van der Waals surface area (Å²) in [6.45, 7) is 5.32. The first kappa shape index (κ1) is 23.0. The number of carbonyl (C=O) groups excluding carboxylic acids is 2. The quantitative estimate of drug-likeness (QED) is 0.496. The number of hydrogen-bond donors (Lipinski definition) is 2. The Morgan fingerprint density at radius 1 is 1.12 bits per heavy atom. The third kappa shape index (κ3) is 4.95. The number of thiocarbonyl (C=S) groups is 1. The van der Waals surface area contributed by atoms with Crippen LogP contribution in [0.3, 0.4) is 0 Å². The lowest BCUT2D eigenvalue weighted by Gasteiger charge is -2.32. The Kier molecular flexibility index (Phi) is 7.13. The van der Waals surface area contributed by atoms with E-state index in [9.17, 15) is 9.59 Å². The summed E-state index contributed by atoms with van der Waals surface area (Å²) >= 11 is 5.41. The maximum Gasteiger partial charge on any atom is 0.338 e. The molecule has 0 radical (unpaired) electrons. The molecular formula is C25H29N3O4S. The molecule has 7 nitrogen and oxygen atoms in total. The number of benzene rings is 2. The van der Waals surface area contributed by atoms with Crippen molar-refractivity contribution < 1.29 is 19.1 Å². The van der Waals surface area contributed by atoms with Crippen molar-refractivity contribution in [2.45, 2.75) is 39.2 Å². The molecule has 1 amide bonds. The first-order valence-corrected chi connectivity index (χ1v) is 11.8. The van der Waals surface area contributed by atoms with Crippen LogP contribution in [0.25, 0.3) is 10.8 Å². The molecule has 1 saturated heterocycles. The van der Waals surface area contributed by atoms with Crippen LogP contribution in [0, 0.1) is 0 Å². The van der Waals surface area contributed by atoms with Crippen molar-refractivity contribution in [3.8, 4) is 5.75 Å². The Balaban J connectivity index is 1.74. The fourth-order valence-electron chi connectivity index (χ4n) is 4.46. The average Bonchev–Trinajstić information content (AvgIpc) is 2.82. The minimum absolute atomic E-state index is 0.0278. The predicted octanol–water partition coefficient (Wildman–Crippen LogP) is 3.59. The number of ether oxygens (including phenoxy) is 2. The van der Waals surface area contributed by atoms with Gasteiger partial charge in [0.25, 0.3) is 5.91 Å². The number of hydrogen-bond acceptors (Lipinski definition) is 5. The molecular weight excluding hydrogens is 438 g/mol. The van der Waals surface area contributed by atoms with E-state index in [1.54, 1.807) is 13.8 Å². The summed E-state index contributed by atoms with van der Waals surface area (Å²) in [7, 11) is 0. The van der Waals surface area contributed by atoms with Crippen molar-refractivity contribution in [2.24, 2.45) is 0 Å². The predicted molar refractivity (Wildman–Crippen MR) is 131 cm³/mol. The molecule has 0 bridgehead atoms. The zero-order valence-corrected chi connectivity index (χ0v) is 19.8. The fourth-order valence-corrected chi connectivity index (χ4v) is 4.73. The van der Waals surface area contributed by atoms with Crippen LogP contribution >= 0.6 is 12.2 Å². The number of rotatable bonds is 6. The number of esters is 1. The van der Waals surface area contributed by atoms with Gasteiger partial charge < -0.3 is 25.0 Å². The Hall–Kier alpha value is -3.13. The van der Waals surface area contributed by atoms with Crippen LogP contribution in [0.4, 0.5) is 0 Å². The number of carbonyl (C=O) groups is 2. The van der Waals surface area contributed by atoms with Gasteiger partial charge in [-0.15, -0.1) is 0 Å². The van der Waals surface area contributed by atoms with E-state index in [4.69, 9.17) is 21.7 Å². The highest BCUT2D eigenvalue weighted by molar-refractivity contribution is 7.80. The molecule has 0 spiro atoms. The zero-order valence-electron chi connectivity index (χ0n) is 19.0. The van der Waals surface area contributed by atoms with Crippen LogP contribution in [0.5, 0.6) is 5.75 Å². The fraction of sp³-hybridized carbons (Fsp3) is 0.400. The van der Waals surface area contributed by atoms with Crippen molar-refractivity contribution >= 4 is 40.0 Å². The lowest BCUT2D eigenvalue weighted by molar-refractivity contribution is -0.139. The molecule has 2 aliphatic heterocycles. The third-order valence-corrected chi connectivity index (χ3v) is 6.26. The molecule has 33 heavy (non-hydrogen) atoms. The summed E-state index contributed by atoms with van der Waals surface area (Å²) in [6.07, 6.45) is 3.20. The van der Waals surface area contributed by atoms with Crippen molar-refractivity contribution in [1.82, 2.24) is 15.5 Å². The number of nitrogens with one attached hydrogen (secondary N) is 2. The van der Waals surface area contributed by atoms with Gasteiger partial charge in [-0.25, -0.2) is 4.79 Å². The lowest BCUT2D eigenvalue weighted by Crippen LogP contribution is -2.45. The summed E-state index contributed by atoms with van der Waals surface area (Å²) in [5, 5.41) is 8.57. The molecule has 2 aliphatic rings. The molecule has 1 unspecified atom stereocenters. The normalized spacial score (nSPS) is 18.5. The molecule has 2 aromatic rings. The van der Waals surface area contributed by atoms with Gasteiger partial charge in [0.1, 0.15) is 5.75 Å². The Morgan fingerprint density at radius 2 is 1.88 bits per heavy atom. The van der Waals surface area contributed by atoms with E-state index < -0.39 is 12.0 Å². The minimum atomic E-state index is -0.580. The zero-order chi connectivity index (χ0) is 23.4. The smallest absolute Gasteiger partial charge is 0.338 e. The van der Waals surface area contributed by atoms with E-state index >= 15 is 0 Å². The number of nitrogens with zero attached hydrogens (tertiary/aromatic N) is 1. The Bertz CT molecular complexity index is 1110. The first-order chi connectivity index (χ1) is 16.0. The van der Waals surface area contributed by atoms with E-state index in [0.29, 0.717) is 22.1 Å². The average molecular weight is 468 g/mol. The van der Waals surface area contributed by atoms with Crippen molar-refractivity contribution in [3.05, 3.63) is 53.2 Å². The molecule has 2 N–H and O–H groups in total. The van der Waals surface area contributed by atoms with Gasteiger partial charge in [-0.2, -0.15) is 0 Å². The minimum Gasteiger partial charge on any atom is -0.483 e. The molecule has 0 aromatic heterocycles. The SMILES string of the molecule is CCOC(=O)C1=C(C)NC(=S)NC1c1c(OCC(=O)N2CCCCC2)ccc2ccccc12. The summed E-state index contributed by atoms with van der Waals surface area (Å²) in [6, 6.07) is 11.1. The van der Waals surface area contributed by atoms with E-state index in [-0.39, 0.29) is 19.1 Å². The van der Waals surface area contributed by atoms with Crippen molar-refractivity contribution in [3.63, 3.8) is 0 Å². The van der Waals surface area contributed by atoms with Gasteiger partial charge in [0.2, 0.25) is 0 Å². The van der Waals surface area contributed by atoms with Crippen molar-refractivity contribution in [2.75, 3.05) is 26.3 Å². The maximum atomic E-state index is 12.9. The number of fused-ring (bicyclic) bond motifs is 1. The Morgan fingerprint density at radius 3 is 2.64 bits per heavy atom. The van der Waals surface area contributed by atoms with Crippen LogP contribution in [0.15, 0.2) is 47.7 Å². The summed E-state index contributed by atoms with van der Waals surface area (Å²) in [4.78, 5) is 27.5. The van der Waals surface area contributed by atoms with Crippen LogP contribution in [0.1, 0.15) is 44.7 Å². The van der Waals surface area contributed by atoms with Crippen LogP contribution in [-0.4, -0.2) is 48.2 Å². The van der Waals surface area contributed by atoms with Crippen LogP contribution in [0.2, 0.25) is 0 Å². The first-order valence-electron chi connectivity index (χ1n) is 11.4. The monoisotopic (exact) mass is 467 g/mol. The highest BCUT2D eigenvalue weighted by atomic mass is 32.1. The second kappa shape index (κ2) is 10.2. The molecule has 1 fully saturated rings. The van der Waals surface area contributed by atoms with E-state index in [2.05, 4.69) is 10.6 Å². The Labute approximate surface area is 199 Å². The van der Waals surface area contributed by atoms with Gasteiger partial charge in [-0.3, -0.25) is 4.79 Å². The second-order valence-electron chi connectivity index (χ2n) is 8.22. The molecule has 0 saturated carbocycles. The molecule has 174 valence electrons. The van der Waals surface area contributed by atoms with Crippen LogP contribution in [-0.2, 0) is 14.3 Å². The van der Waals surface area contributed by atoms with Gasteiger partial charge in [0.05, 0.1) is 18.2 Å². The number of piperidine rings is 1. The van der Waals surface area contributed by atoms with Crippen LogP contribution < -0.4 is 15.4 Å². The third-order valence-electron chi connectivity index (χ3n) is 6.04. The van der Waals surface area contributed by atoms with Gasteiger partial charge in [-0.05, 0) is 62.2 Å². The van der Waals surface area contributed by atoms with Gasteiger partial charge in [0.15, 0.2) is 11.7 Å². The molecule has 2 heterocycles. The highest BCUT2D eigenvalue weighted by Gasteiger charge is 2.34. The van der Waals surface area contributed by atoms with E-state index in [0.717, 1.165) is 48.7 Å². The topological polar surface area (TPSA) is 79.9 Å². The number of allylic oxidation sites excluding steroid dienone is 1. The van der Waals surface area contributed by atoms with E-state index in [1.807, 2.05) is 41.3 Å². The molecule has 1 atom stereocenters. The van der Waals surface area contributed by atoms with E-state index in [1.165, 1.54) is 0 Å². The maximum absolute atomic E-state index is 12.9. The van der Waals surface area contributed by atoms with Gasteiger partial charge in [0, 0.05) is 24.4 Å². The standard InChI is InChI=1S/C25H29N3O4S/c1-3-31-24(30)21-16(2)26-25(33)27-23(21)22-18-10-6-5-9-17(18)11-12-19(22)32-15-20(29)28-13-7-4-8-14-28/h5-6,9-12,23H,3-4,7-8,13-15H2,1-2H3,(H2,26,27,33). The number of likely N-dealkylation sites (tertiary alicyclic amines) is 1. The summed E-state index contributed by atoms with van der Waals surface area (Å²) < 4.78 is 11.4. The second-order valence-corrected chi connectivity index (χ2v) is 8.63. The molecule has 0 aliphatic carbocycles. The number of amides is 1. The van der Waals surface area contributed by atoms with Gasteiger partial charge >= 0.3 is 5.97 Å². The summed E-state index contributed by atoms with van der Waals surface area (Å²) in [5.41, 5.74) is 1.82. The molecule has 8 heteroatoms. The largest absolute Gasteiger partial charge is 0.483 e. The van der Waals surface area contributed by atoms with Gasteiger partial charge in [-0.1, -0.05) is 30.3 Å². The molecule has 4 rings (SSSR count). The lowest BCUT2D eigenvalue weighted by atomic mass is 9.90. The highest BCUT2D eigenvalue weighted by Crippen LogP contribution is 2.39. The summed E-state index contributed by atoms with van der Waals surface area (Å²) in [5.74, 6) is 0.0848.